The Morgan fingerprint density at radius 3 is 1.77 bits per heavy atom. The Kier molecular flexibility index (Phi) is 7.09. The first kappa shape index (κ1) is 28.3. The van der Waals surface area contributed by atoms with Gasteiger partial charge in [0.1, 0.15) is 0 Å². The maximum atomic E-state index is 2.44. The molecule has 1 unspecified atom stereocenters. The van der Waals surface area contributed by atoms with Crippen LogP contribution in [0.3, 0.4) is 0 Å². The van der Waals surface area contributed by atoms with Gasteiger partial charge in [0.05, 0.1) is 11.0 Å². The fraction of sp³-hybridized carbons (Fsp3) is 0.0638. The van der Waals surface area contributed by atoms with Gasteiger partial charge < -0.3 is 4.57 Å². The zero-order valence-electron chi connectivity index (χ0n) is 26.8. The topological polar surface area (TPSA) is 4.93 Å². The van der Waals surface area contributed by atoms with E-state index < -0.39 is 0 Å². The molecule has 0 radical (unpaired) electrons. The van der Waals surface area contributed by atoms with Gasteiger partial charge in [-0.3, -0.25) is 0 Å². The van der Waals surface area contributed by atoms with E-state index in [1.165, 1.54) is 77.6 Å². The highest BCUT2D eigenvalue weighted by atomic mass is 15.0. The van der Waals surface area contributed by atoms with Crippen LogP contribution in [0.15, 0.2) is 176 Å². The van der Waals surface area contributed by atoms with Gasteiger partial charge in [-0.2, -0.15) is 0 Å². The molecule has 1 aromatic heterocycles. The van der Waals surface area contributed by atoms with Crippen molar-refractivity contribution in [3.63, 3.8) is 0 Å². The van der Waals surface area contributed by atoms with Gasteiger partial charge in [-0.1, -0.05) is 152 Å². The van der Waals surface area contributed by atoms with E-state index in [1.807, 2.05) is 0 Å². The van der Waals surface area contributed by atoms with E-state index in [2.05, 4.69) is 187 Å². The Bertz CT molecular complexity index is 2410. The molecule has 1 aliphatic rings. The third-order valence-electron chi connectivity index (χ3n) is 9.99. The van der Waals surface area contributed by atoms with Crippen molar-refractivity contribution in [1.82, 2.24) is 4.57 Å². The fourth-order valence-corrected chi connectivity index (χ4v) is 7.59. The van der Waals surface area contributed by atoms with Gasteiger partial charge in [0.15, 0.2) is 0 Å². The number of allylic oxidation sites excluding steroid dienone is 1. The molecule has 0 amide bonds. The Hall–Kier alpha value is -5.92. The van der Waals surface area contributed by atoms with Crippen LogP contribution in [0.4, 0.5) is 0 Å². The van der Waals surface area contributed by atoms with Crippen LogP contribution in [0.25, 0.3) is 55.8 Å². The second-order valence-electron chi connectivity index (χ2n) is 12.9. The molecule has 0 spiro atoms. The lowest BCUT2D eigenvalue weighted by atomic mass is 9.82. The van der Waals surface area contributed by atoms with E-state index in [0.717, 1.165) is 12.8 Å². The number of benzene rings is 7. The Morgan fingerprint density at radius 1 is 0.438 bits per heavy atom. The van der Waals surface area contributed by atoms with Crippen LogP contribution in [0.5, 0.6) is 0 Å². The number of aryl methyl sites for hydroxylation is 1. The molecule has 0 saturated heterocycles. The summed E-state index contributed by atoms with van der Waals surface area (Å²) in [6.45, 7) is 0. The van der Waals surface area contributed by atoms with E-state index in [4.69, 9.17) is 0 Å². The Balaban J connectivity index is 1.12. The van der Waals surface area contributed by atoms with Crippen molar-refractivity contribution in [1.29, 1.82) is 0 Å². The average Bonchev–Trinajstić information content (AvgIpc) is 3.50. The van der Waals surface area contributed by atoms with Gasteiger partial charge in [-0.25, -0.2) is 0 Å². The predicted octanol–water partition coefficient (Wildman–Crippen LogP) is 12.3. The normalized spacial score (nSPS) is 13.1. The number of para-hydroxylation sites is 2. The van der Waals surface area contributed by atoms with Crippen LogP contribution < -0.4 is 0 Å². The molecule has 0 bridgehead atoms. The predicted molar refractivity (Wildman–Crippen MR) is 203 cm³/mol. The smallest absolute Gasteiger partial charge is 0.0541 e. The monoisotopic (exact) mass is 613 g/mol. The summed E-state index contributed by atoms with van der Waals surface area (Å²) in [5.74, 6) is 0.145. The van der Waals surface area contributed by atoms with Crippen LogP contribution in [0, 0.1) is 0 Å². The van der Waals surface area contributed by atoms with Gasteiger partial charge in [0, 0.05) is 22.4 Å². The number of nitrogens with zero attached hydrogens (tertiary/aromatic N) is 1. The molecule has 8 aromatic rings. The van der Waals surface area contributed by atoms with E-state index in [-0.39, 0.29) is 5.92 Å². The van der Waals surface area contributed by atoms with Gasteiger partial charge >= 0.3 is 0 Å². The summed E-state index contributed by atoms with van der Waals surface area (Å²) in [6, 6.07) is 62.5. The molecule has 1 atom stereocenters. The van der Waals surface area contributed by atoms with Crippen LogP contribution in [-0.4, -0.2) is 4.57 Å². The summed E-state index contributed by atoms with van der Waals surface area (Å²) in [5.41, 5.74) is 15.3. The molecule has 48 heavy (non-hydrogen) atoms. The highest BCUT2D eigenvalue weighted by Gasteiger charge is 2.20. The van der Waals surface area contributed by atoms with Crippen LogP contribution in [-0.2, 0) is 6.42 Å². The first-order chi connectivity index (χ1) is 23.8. The number of rotatable bonds is 6. The third-order valence-corrected chi connectivity index (χ3v) is 9.99. The van der Waals surface area contributed by atoms with Crippen molar-refractivity contribution < 1.29 is 0 Å². The molecule has 0 N–H and O–H groups in total. The number of hydrogen-bond donors (Lipinski definition) is 0. The fourth-order valence-electron chi connectivity index (χ4n) is 7.59. The van der Waals surface area contributed by atoms with Gasteiger partial charge in [0.25, 0.3) is 0 Å². The molecule has 1 heteroatoms. The summed E-state index contributed by atoms with van der Waals surface area (Å²) in [5, 5.41) is 2.55. The lowest BCUT2D eigenvalue weighted by molar-refractivity contribution is 0.943. The molecule has 1 aliphatic carbocycles. The average molecular weight is 614 g/mol. The van der Waals surface area contributed by atoms with Gasteiger partial charge in [0.2, 0.25) is 0 Å². The maximum Gasteiger partial charge on any atom is 0.0541 e. The molecule has 7 aromatic carbocycles. The molecule has 0 saturated carbocycles. The van der Waals surface area contributed by atoms with E-state index in [1.54, 1.807) is 0 Å². The minimum Gasteiger partial charge on any atom is -0.309 e. The number of fused-ring (bicyclic) bond motifs is 4. The van der Waals surface area contributed by atoms with E-state index >= 15 is 0 Å². The SMILES string of the molecule is C1=Cc2ccc(C(c3ccc(-c4ccccc4)cc3)c3ccc(-c4ccc5c(c4)c4ccccc4n5-c4ccccc4)cc3)cc2CC1. The van der Waals surface area contributed by atoms with Crippen molar-refractivity contribution in [3.8, 4) is 27.9 Å². The third kappa shape index (κ3) is 5.05. The maximum absolute atomic E-state index is 2.44. The van der Waals surface area contributed by atoms with Gasteiger partial charge in [-0.05, 0) is 93.2 Å². The quantitative estimate of drug-likeness (QED) is 0.164. The summed E-state index contributed by atoms with van der Waals surface area (Å²) in [7, 11) is 0. The molecule has 1 heterocycles. The molecule has 0 fully saturated rings. The molecular weight excluding hydrogens is 579 g/mol. The molecule has 9 rings (SSSR count). The van der Waals surface area contributed by atoms with Crippen molar-refractivity contribution in [3.05, 3.63) is 204 Å². The van der Waals surface area contributed by atoms with Crippen molar-refractivity contribution >= 4 is 27.9 Å². The summed E-state index contributed by atoms with van der Waals surface area (Å²) < 4.78 is 2.37. The summed E-state index contributed by atoms with van der Waals surface area (Å²) >= 11 is 0. The zero-order valence-corrected chi connectivity index (χ0v) is 26.8. The standard InChI is InChI=1S/C47H35N/c1-3-11-33(12-4-1)35-19-24-37(25-20-35)47(41-28-23-34-13-7-8-14-39(34)31-41)38-26-21-36(22-27-38)40-29-30-46-44(32-40)43-17-9-10-18-45(43)48(46)42-15-5-2-6-16-42/h1-7,9-13,15-32,47H,8,14H2. The van der Waals surface area contributed by atoms with Gasteiger partial charge in [-0.15, -0.1) is 0 Å². The lowest BCUT2D eigenvalue weighted by Crippen LogP contribution is -2.06. The summed E-state index contributed by atoms with van der Waals surface area (Å²) in [6.07, 6.45) is 6.77. The minimum absolute atomic E-state index is 0.145. The highest BCUT2D eigenvalue weighted by Crippen LogP contribution is 2.38. The summed E-state index contributed by atoms with van der Waals surface area (Å²) in [4.78, 5) is 0. The van der Waals surface area contributed by atoms with Crippen LogP contribution in [0.2, 0.25) is 0 Å². The van der Waals surface area contributed by atoms with Crippen LogP contribution >= 0.6 is 0 Å². The van der Waals surface area contributed by atoms with Crippen LogP contribution in [0.1, 0.15) is 40.2 Å². The molecule has 228 valence electrons. The molecular formula is C47H35N. The van der Waals surface area contributed by atoms with E-state index in [0.29, 0.717) is 0 Å². The largest absolute Gasteiger partial charge is 0.309 e. The minimum atomic E-state index is 0.145. The molecule has 0 aliphatic heterocycles. The number of hydrogen-bond acceptors (Lipinski definition) is 0. The lowest BCUT2D eigenvalue weighted by Gasteiger charge is -2.22. The Labute approximate surface area is 282 Å². The zero-order chi connectivity index (χ0) is 31.9. The second kappa shape index (κ2) is 12.0. The van der Waals surface area contributed by atoms with Crippen molar-refractivity contribution in [2.75, 3.05) is 0 Å². The van der Waals surface area contributed by atoms with Crippen molar-refractivity contribution in [2.45, 2.75) is 18.8 Å². The first-order valence-electron chi connectivity index (χ1n) is 16.9. The second-order valence-corrected chi connectivity index (χ2v) is 12.9. The van der Waals surface area contributed by atoms with E-state index in [9.17, 15) is 0 Å². The Morgan fingerprint density at radius 2 is 1.02 bits per heavy atom. The number of aromatic nitrogens is 1. The first-order valence-corrected chi connectivity index (χ1v) is 16.9. The highest BCUT2D eigenvalue weighted by molar-refractivity contribution is 6.10. The van der Waals surface area contributed by atoms with Crippen molar-refractivity contribution in [2.24, 2.45) is 0 Å². The molecule has 1 nitrogen and oxygen atoms in total.